The number of hydrogen-bond acceptors (Lipinski definition) is 4. The predicted molar refractivity (Wildman–Crippen MR) is 87.1 cm³/mol. The third-order valence-corrected chi connectivity index (χ3v) is 3.80. The minimum Gasteiger partial charge on any atom is -0.461 e. The molecule has 1 saturated carbocycles. The molecule has 1 amide bonds. The summed E-state index contributed by atoms with van der Waals surface area (Å²) in [5.41, 5.74) is -0.00421. The Labute approximate surface area is 145 Å². The molecule has 1 aromatic rings. The van der Waals surface area contributed by atoms with Gasteiger partial charge in [-0.1, -0.05) is 30.3 Å². The number of esters is 1. The SMILES string of the molecule is CC(C)(C)OC(=O)N[C@@H]1C[C@@H](C(=O)OCc2ccccc2)CC1(F)F. The molecule has 1 aliphatic rings. The average Bonchev–Trinajstić information content (AvgIpc) is 2.79. The minimum atomic E-state index is -3.19. The van der Waals surface area contributed by atoms with Crippen molar-refractivity contribution < 1.29 is 27.8 Å². The van der Waals surface area contributed by atoms with Gasteiger partial charge in [0.25, 0.3) is 5.92 Å². The third kappa shape index (κ3) is 5.69. The molecule has 0 saturated heterocycles. The van der Waals surface area contributed by atoms with E-state index in [1.54, 1.807) is 45.0 Å². The number of halogens is 2. The summed E-state index contributed by atoms with van der Waals surface area (Å²) in [4.78, 5) is 23.8. The Balaban J connectivity index is 1.89. The molecule has 2 rings (SSSR count). The van der Waals surface area contributed by atoms with Crippen LogP contribution in [0.2, 0.25) is 0 Å². The molecule has 0 spiro atoms. The van der Waals surface area contributed by atoms with Gasteiger partial charge in [0, 0.05) is 6.42 Å². The maximum atomic E-state index is 14.1. The normalized spacial score (nSPS) is 22.3. The van der Waals surface area contributed by atoms with E-state index in [1.165, 1.54) is 0 Å². The number of amides is 1. The summed E-state index contributed by atoms with van der Waals surface area (Å²) >= 11 is 0. The fourth-order valence-electron chi connectivity index (χ4n) is 2.65. The van der Waals surface area contributed by atoms with Crippen LogP contribution in [0.4, 0.5) is 13.6 Å². The quantitative estimate of drug-likeness (QED) is 0.837. The first-order chi connectivity index (χ1) is 11.6. The van der Waals surface area contributed by atoms with Crippen LogP contribution in [0.25, 0.3) is 0 Å². The lowest BCUT2D eigenvalue weighted by molar-refractivity contribution is -0.150. The molecular formula is C18H23F2NO4. The van der Waals surface area contributed by atoms with Crippen LogP contribution in [-0.4, -0.2) is 29.6 Å². The van der Waals surface area contributed by atoms with E-state index in [2.05, 4.69) is 5.32 Å². The Bertz CT molecular complexity index is 613. The number of alkyl carbamates (subject to hydrolysis) is 1. The van der Waals surface area contributed by atoms with Crippen LogP contribution in [-0.2, 0) is 20.9 Å². The number of rotatable bonds is 4. The molecule has 1 aliphatic carbocycles. The summed E-state index contributed by atoms with van der Waals surface area (Å²) in [6.07, 6.45) is -1.75. The molecule has 5 nitrogen and oxygen atoms in total. The molecular weight excluding hydrogens is 332 g/mol. The van der Waals surface area contributed by atoms with Crippen LogP contribution in [0.5, 0.6) is 0 Å². The Morgan fingerprint density at radius 1 is 1.24 bits per heavy atom. The summed E-state index contributed by atoms with van der Waals surface area (Å²) in [5, 5.41) is 2.17. The van der Waals surface area contributed by atoms with Crippen LogP contribution < -0.4 is 5.32 Å². The summed E-state index contributed by atoms with van der Waals surface area (Å²) in [7, 11) is 0. The van der Waals surface area contributed by atoms with Crippen LogP contribution in [0, 0.1) is 5.92 Å². The zero-order chi connectivity index (χ0) is 18.7. The fraction of sp³-hybridized carbons (Fsp3) is 0.556. The van der Waals surface area contributed by atoms with Crippen molar-refractivity contribution in [2.75, 3.05) is 0 Å². The van der Waals surface area contributed by atoms with Crippen molar-refractivity contribution in [3.63, 3.8) is 0 Å². The maximum absolute atomic E-state index is 14.1. The lowest BCUT2D eigenvalue weighted by atomic mass is 10.1. The van der Waals surface area contributed by atoms with Crippen molar-refractivity contribution in [3.05, 3.63) is 35.9 Å². The number of hydrogen-bond donors (Lipinski definition) is 1. The van der Waals surface area contributed by atoms with Gasteiger partial charge in [0.15, 0.2) is 0 Å². The van der Waals surface area contributed by atoms with Crippen molar-refractivity contribution in [1.82, 2.24) is 5.32 Å². The monoisotopic (exact) mass is 355 g/mol. The summed E-state index contributed by atoms with van der Waals surface area (Å²) in [5.74, 6) is -4.83. The summed E-state index contributed by atoms with van der Waals surface area (Å²) < 4.78 is 38.3. The topological polar surface area (TPSA) is 64.6 Å². The molecule has 2 atom stereocenters. The largest absolute Gasteiger partial charge is 0.461 e. The van der Waals surface area contributed by atoms with E-state index < -0.39 is 42.0 Å². The Kier molecular flexibility index (Phi) is 5.65. The van der Waals surface area contributed by atoms with Crippen molar-refractivity contribution in [1.29, 1.82) is 0 Å². The number of alkyl halides is 2. The lowest BCUT2D eigenvalue weighted by Gasteiger charge is -2.24. The Morgan fingerprint density at radius 3 is 2.48 bits per heavy atom. The second-order valence-electron chi connectivity index (χ2n) is 7.19. The van der Waals surface area contributed by atoms with Crippen molar-refractivity contribution in [3.8, 4) is 0 Å². The van der Waals surface area contributed by atoms with E-state index in [0.717, 1.165) is 5.56 Å². The molecule has 1 aromatic carbocycles. The van der Waals surface area contributed by atoms with Crippen molar-refractivity contribution in [2.45, 2.75) is 57.8 Å². The van der Waals surface area contributed by atoms with Gasteiger partial charge >= 0.3 is 12.1 Å². The zero-order valence-electron chi connectivity index (χ0n) is 14.6. The Hall–Kier alpha value is -2.18. The zero-order valence-corrected chi connectivity index (χ0v) is 14.6. The van der Waals surface area contributed by atoms with E-state index >= 15 is 0 Å². The fourth-order valence-corrected chi connectivity index (χ4v) is 2.65. The molecule has 138 valence electrons. The molecule has 0 heterocycles. The highest BCUT2D eigenvalue weighted by Crippen LogP contribution is 2.40. The first-order valence-corrected chi connectivity index (χ1v) is 8.15. The van der Waals surface area contributed by atoms with E-state index in [0.29, 0.717) is 0 Å². The molecule has 0 unspecified atom stereocenters. The first-order valence-electron chi connectivity index (χ1n) is 8.15. The first kappa shape index (κ1) is 19.1. The van der Waals surface area contributed by atoms with Crippen LogP contribution >= 0.6 is 0 Å². The molecule has 7 heteroatoms. The van der Waals surface area contributed by atoms with Crippen molar-refractivity contribution >= 4 is 12.1 Å². The number of ether oxygens (including phenoxy) is 2. The third-order valence-electron chi connectivity index (χ3n) is 3.80. The second-order valence-corrected chi connectivity index (χ2v) is 7.19. The lowest BCUT2D eigenvalue weighted by Crippen LogP contribution is -2.45. The van der Waals surface area contributed by atoms with Gasteiger partial charge in [-0.15, -0.1) is 0 Å². The van der Waals surface area contributed by atoms with Gasteiger partial charge in [-0.2, -0.15) is 0 Å². The molecule has 25 heavy (non-hydrogen) atoms. The van der Waals surface area contributed by atoms with Gasteiger partial charge in [-0.3, -0.25) is 4.79 Å². The van der Waals surface area contributed by atoms with Crippen LogP contribution in [0.3, 0.4) is 0 Å². The summed E-state index contributed by atoms with van der Waals surface area (Å²) in [6, 6.07) is 7.54. The average molecular weight is 355 g/mol. The van der Waals surface area contributed by atoms with Gasteiger partial charge in [0.1, 0.15) is 12.2 Å². The maximum Gasteiger partial charge on any atom is 0.408 e. The molecule has 0 aromatic heterocycles. The molecule has 0 radical (unpaired) electrons. The van der Waals surface area contributed by atoms with Crippen LogP contribution in [0.1, 0.15) is 39.2 Å². The number of nitrogens with one attached hydrogen (secondary N) is 1. The number of carbonyl (C=O) groups excluding carboxylic acids is 2. The van der Waals surface area contributed by atoms with Gasteiger partial charge < -0.3 is 14.8 Å². The number of carbonyl (C=O) groups is 2. The summed E-state index contributed by atoms with van der Waals surface area (Å²) in [6.45, 7) is 4.96. The van der Waals surface area contributed by atoms with Crippen LogP contribution in [0.15, 0.2) is 30.3 Å². The highest BCUT2D eigenvalue weighted by atomic mass is 19.3. The van der Waals surface area contributed by atoms with E-state index in [9.17, 15) is 18.4 Å². The molecule has 1 N–H and O–H groups in total. The van der Waals surface area contributed by atoms with Gasteiger partial charge in [-0.05, 0) is 32.8 Å². The van der Waals surface area contributed by atoms with E-state index in [-0.39, 0.29) is 13.0 Å². The molecule has 0 bridgehead atoms. The Morgan fingerprint density at radius 2 is 1.88 bits per heavy atom. The standard InChI is InChI=1S/C18H23F2NO4/c1-17(2,3)25-16(23)21-14-9-13(10-18(14,19)20)15(22)24-11-12-7-5-4-6-8-12/h4-8,13-14H,9-11H2,1-3H3,(H,21,23)/t13-,14-/m1/s1. The highest BCUT2D eigenvalue weighted by Gasteiger charge is 2.52. The predicted octanol–water partition coefficient (Wildman–Crippen LogP) is 3.67. The minimum absolute atomic E-state index is 0.0336. The number of benzene rings is 1. The second kappa shape index (κ2) is 7.37. The molecule has 0 aliphatic heterocycles. The van der Waals surface area contributed by atoms with Gasteiger partial charge in [0.2, 0.25) is 0 Å². The van der Waals surface area contributed by atoms with Crippen molar-refractivity contribution in [2.24, 2.45) is 5.92 Å². The van der Waals surface area contributed by atoms with E-state index in [1.807, 2.05) is 6.07 Å². The smallest absolute Gasteiger partial charge is 0.408 e. The van der Waals surface area contributed by atoms with Gasteiger partial charge in [-0.25, -0.2) is 13.6 Å². The highest BCUT2D eigenvalue weighted by molar-refractivity contribution is 5.74. The van der Waals surface area contributed by atoms with Gasteiger partial charge in [0.05, 0.1) is 12.0 Å². The molecule has 1 fully saturated rings. The van der Waals surface area contributed by atoms with E-state index in [4.69, 9.17) is 9.47 Å².